The first kappa shape index (κ1) is 24.6. The molecule has 30 heavy (non-hydrogen) atoms. The van der Waals surface area contributed by atoms with E-state index < -0.39 is 0 Å². The third kappa shape index (κ3) is 6.15. The van der Waals surface area contributed by atoms with E-state index in [1.54, 1.807) is 12.1 Å². The van der Waals surface area contributed by atoms with Crippen LogP contribution in [0.3, 0.4) is 0 Å². The quantitative estimate of drug-likeness (QED) is 0.338. The fourth-order valence-electron chi connectivity index (χ4n) is 3.48. The van der Waals surface area contributed by atoms with Crippen LogP contribution >= 0.6 is 24.0 Å². The van der Waals surface area contributed by atoms with Gasteiger partial charge in [0.1, 0.15) is 11.6 Å². The topological polar surface area (TPSA) is 67.1 Å². The van der Waals surface area contributed by atoms with Gasteiger partial charge < -0.3 is 10.6 Å². The zero-order valence-electron chi connectivity index (χ0n) is 18.6. The average Bonchev–Trinajstić information content (AvgIpc) is 3.10. The second-order valence-corrected chi connectivity index (χ2v) is 8.69. The fraction of sp³-hybridized carbons (Fsp3) is 0.591. The summed E-state index contributed by atoms with van der Waals surface area (Å²) in [5.74, 6) is 2.90. The van der Waals surface area contributed by atoms with E-state index in [9.17, 15) is 4.39 Å². The number of benzene rings is 1. The molecule has 0 amide bonds. The molecule has 0 aliphatic carbocycles. The molecule has 1 aromatic heterocycles. The van der Waals surface area contributed by atoms with Crippen LogP contribution in [0.1, 0.15) is 64.2 Å². The van der Waals surface area contributed by atoms with Gasteiger partial charge in [-0.2, -0.15) is 5.10 Å². The molecule has 3 rings (SSSR count). The molecule has 1 unspecified atom stereocenters. The summed E-state index contributed by atoms with van der Waals surface area (Å²) in [4.78, 5) is 9.46. The Morgan fingerprint density at radius 3 is 2.80 bits per heavy atom. The van der Waals surface area contributed by atoms with Crippen LogP contribution in [-0.2, 0) is 18.4 Å². The second-order valence-electron chi connectivity index (χ2n) is 8.69. The zero-order chi connectivity index (χ0) is 21.0. The van der Waals surface area contributed by atoms with E-state index in [2.05, 4.69) is 55.3 Å². The van der Waals surface area contributed by atoms with Crippen LogP contribution < -0.4 is 10.6 Å². The fourth-order valence-corrected chi connectivity index (χ4v) is 3.48. The van der Waals surface area contributed by atoms with Gasteiger partial charge in [0.25, 0.3) is 0 Å². The maximum absolute atomic E-state index is 13.6. The molecular weight excluding hydrogens is 494 g/mol. The lowest BCUT2D eigenvalue weighted by Crippen LogP contribution is -2.47. The predicted octanol–water partition coefficient (Wildman–Crippen LogP) is 4.01. The van der Waals surface area contributed by atoms with Crippen LogP contribution in [0.2, 0.25) is 0 Å². The van der Waals surface area contributed by atoms with E-state index in [0.29, 0.717) is 12.5 Å². The largest absolute Gasteiger partial charge is 0.357 e. The van der Waals surface area contributed by atoms with Crippen LogP contribution in [0.5, 0.6) is 0 Å². The molecule has 1 atom stereocenters. The number of guanidine groups is 1. The van der Waals surface area contributed by atoms with Crippen molar-refractivity contribution in [3.63, 3.8) is 0 Å². The van der Waals surface area contributed by atoms with E-state index in [-0.39, 0.29) is 41.3 Å². The molecule has 0 spiro atoms. The summed E-state index contributed by atoms with van der Waals surface area (Å²) in [6.07, 6.45) is 1.90. The SMILES string of the molecule is CCNC(=NCC(C)(C)c1cccc(F)c1)NC1CCc2nc(C(C)C)nn2C1.I. The van der Waals surface area contributed by atoms with Gasteiger partial charge in [-0.25, -0.2) is 14.1 Å². The Morgan fingerprint density at radius 2 is 2.13 bits per heavy atom. The number of nitrogens with zero attached hydrogens (tertiary/aromatic N) is 4. The molecule has 0 radical (unpaired) electrons. The molecule has 0 bridgehead atoms. The lowest BCUT2D eigenvalue weighted by molar-refractivity contribution is 0.391. The Bertz CT molecular complexity index is 861. The van der Waals surface area contributed by atoms with Gasteiger partial charge in [-0.15, -0.1) is 24.0 Å². The summed E-state index contributed by atoms with van der Waals surface area (Å²) in [7, 11) is 0. The Labute approximate surface area is 196 Å². The van der Waals surface area contributed by atoms with Crippen molar-refractivity contribution in [1.29, 1.82) is 0 Å². The van der Waals surface area contributed by atoms with Crippen molar-refractivity contribution in [2.75, 3.05) is 13.1 Å². The summed E-state index contributed by atoms with van der Waals surface area (Å²) in [5, 5.41) is 11.5. The molecule has 0 fully saturated rings. The van der Waals surface area contributed by atoms with Crippen molar-refractivity contribution < 1.29 is 4.39 Å². The summed E-state index contributed by atoms with van der Waals surface area (Å²) < 4.78 is 15.6. The summed E-state index contributed by atoms with van der Waals surface area (Å²) in [5.41, 5.74) is 0.686. The third-order valence-electron chi connectivity index (χ3n) is 5.31. The Morgan fingerprint density at radius 1 is 1.37 bits per heavy atom. The van der Waals surface area contributed by atoms with Gasteiger partial charge in [0, 0.05) is 30.3 Å². The van der Waals surface area contributed by atoms with E-state index in [1.165, 1.54) is 6.07 Å². The highest BCUT2D eigenvalue weighted by molar-refractivity contribution is 14.0. The van der Waals surface area contributed by atoms with Gasteiger partial charge >= 0.3 is 0 Å². The number of aryl methyl sites for hydroxylation is 1. The molecule has 1 aromatic carbocycles. The molecule has 0 saturated carbocycles. The van der Waals surface area contributed by atoms with Crippen LogP contribution in [0.15, 0.2) is 29.3 Å². The maximum atomic E-state index is 13.6. The first-order valence-electron chi connectivity index (χ1n) is 10.5. The predicted molar refractivity (Wildman–Crippen MR) is 130 cm³/mol. The van der Waals surface area contributed by atoms with Crippen molar-refractivity contribution in [1.82, 2.24) is 25.4 Å². The van der Waals surface area contributed by atoms with Gasteiger partial charge in [-0.05, 0) is 31.0 Å². The van der Waals surface area contributed by atoms with Crippen molar-refractivity contribution >= 4 is 29.9 Å². The molecule has 2 N–H and O–H groups in total. The molecule has 0 saturated heterocycles. The van der Waals surface area contributed by atoms with Crippen molar-refractivity contribution in [3.8, 4) is 0 Å². The van der Waals surface area contributed by atoms with Crippen LogP contribution in [0.25, 0.3) is 0 Å². The van der Waals surface area contributed by atoms with Gasteiger partial charge in [-0.1, -0.05) is 39.8 Å². The lowest BCUT2D eigenvalue weighted by atomic mass is 9.85. The highest BCUT2D eigenvalue weighted by Crippen LogP contribution is 2.24. The Balaban J connectivity index is 0.00000320. The third-order valence-corrected chi connectivity index (χ3v) is 5.31. The van der Waals surface area contributed by atoms with E-state index in [0.717, 1.165) is 49.1 Å². The van der Waals surface area contributed by atoms with Gasteiger partial charge in [0.05, 0.1) is 13.1 Å². The molecule has 166 valence electrons. The lowest BCUT2D eigenvalue weighted by Gasteiger charge is -2.27. The smallest absolute Gasteiger partial charge is 0.191 e. The first-order valence-corrected chi connectivity index (χ1v) is 10.5. The Kier molecular flexibility index (Phi) is 8.63. The number of rotatable bonds is 6. The molecule has 1 aliphatic rings. The Hall–Kier alpha value is -1.71. The molecule has 2 heterocycles. The van der Waals surface area contributed by atoms with Crippen molar-refractivity contribution in [3.05, 3.63) is 47.3 Å². The van der Waals surface area contributed by atoms with Gasteiger partial charge in [0.15, 0.2) is 11.8 Å². The van der Waals surface area contributed by atoms with Crippen LogP contribution in [0.4, 0.5) is 4.39 Å². The minimum absolute atomic E-state index is 0. The summed E-state index contributed by atoms with van der Waals surface area (Å²) in [6, 6.07) is 7.02. The molecule has 8 heteroatoms. The number of fused-ring (bicyclic) bond motifs is 1. The molecular formula is C22H34FIN6. The monoisotopic (exact) mass is 528 g/mol. The second kappa shape index (κ2) is 10.5. The highest BCUT2D eigenvalue weighted by Gasteiger charge is 2.24. The normalized spacial score (nSPS) is 16.8. The first-order chi connectivity index (χ1) is 13.8. The number of hydrogen-bond donors (Lipinski definition) is 2. The van der Waals surface area contributed by atoms with Crippen molar-refractivity contribution in [2.45, 2.75) is 71.4 Å². The average molecular weight is 528 g/mol. The standard InChI is InChI=1S/C22H33FN6.HI/c1-6-24-21(25-14-22(4,5)16-8-7-9-17(23)12-16)26-18-10-11-19-27-20(15(2)3)28-29(19)13-18;/h7-9,12,15,18H,6,10-11,13-14H2,1-5H3,(H2,24,25,26);1H. The summed E-state index contributed by atoms with van der Waals surface area (Å²) in [6.45, 7) is 12.6. The number of halogens is 2. The highest BCUT2D eigenvalue weighted by atomic mass is 127. The number of aromatic nitrogens is 3. The minimum atomic E-state index is -0.262. The van der Waals surface area contributed by atoms with Gasteiger partial charge in [-0.3, -0.25) is 4.99 Å². The molecule has 2 aromatic rings. The van der Waals surface area contributed by atoms with E-state index >= 15 is 0 Å². The van der Waals surface area contributed by atoms with Crippen molar-refractivity contribution in [2.24, 2.45) is 4.99 Å². The minimum Gasteiger partial charge on any atom is -0.357 e. The summed E-state index contributed by atoms with van der Waals surface area (Å²) >= 11 is 0. The van der Waals surface area contributed by atoms with E-state index in [4.69, 9.17) is 4.99 Å². The van der Waals surface area contributed by atoms with E-state index in [1.807, 2.05) is 10.7 Å². The molecule has 6 nitrogen and oxygen atoms in total. The number of hydrogen-bond acceptors (Lipinski definition) is 3. The van der Waals surface area contributed by atoms with Gasteiger partial charge in [0.2, 0.25) is 0 Å². The van der Waals surface area contributed by atoms with Crippen LogP contribution in [-0.4, -0.2) is 39.9 Å². The van der Waals surface area contributed by atoms with Crippen LogP contribution in [0, 0.1) is 5.82 Å². The number of nitrogens with one attached hydrogen (secondary N) is 2. The maximum Gasteiger partial charge on any atom is 0.191 e. The zero-order valence-corrected chi connectivity index (χ0v) is 20.9. The molecule has 1 aliphatic heterocycles. The number of aliphatic imine (C=N–C) groups is 1.